The van der Waals surface area contributed by atoms with E-state index in [1.165, 1.54) is 10.4 Å². The average molecular weight is 432 g/mol. The zero-order chi connectivity index (χ0) is 21.6. The molecule has 162 valence electrons. The molecule has 1 heterocycles. The van der Waals surface area contributed by atoms with Gasteiger partial charge in [-0.25, -0.2) is 8.42 Å². The number of nitrogens with zero attached hydrogens (tertiary/aromatic N) is 2. The summed E-state index contributed by atoms with van der Waals surface area (Å²) < 4.78 is 32.5. The fraction of sp³-hybridized carbons (Fsp3) is 0.409. The van der Waals surface area contributed by atoms with Gasteiger partial charge < -0.3 is 15.0 Å². The van der Waals surface area contributed by atoms with E-state index < -0.39 is 10.0 Å². The second-order valence-corrected chi connectivity index (χ2v) is 9.38. The number of carbonyl (C=O) groups excluding carboxylic acids is 1. The highest BCUT2D eigenvalue weighted by Gasteiger charge is 2.27. The fourth-order valence-corrected chi connectivity index (χ4v) is 4.87. The van der Waals surface area contributed by atoms with Gasteiger partial charge in [0, 0.05) is 38.3 Å². The summed E-state index contributed by atoms with van der Waals surface area (Å²) in [5, 5.41) is 2.88. The van der Waals surface area contributed by atoms with Crippen LogP contribution in [0.3, 0.4) is 0 Å². The quantitative estimate of drug-likeness (QED) is 0.647. The maximum atomic E-state index is 12.9. The van der Waals surface area contributed by atoms with Gasteiger partial charge in [-0.05, 0) is 55.8 Å². The minimum absolute atomic E-state index is 0.163. The molecule has 1 N–H and O–H groups in total. The van der Waals surface area contributed by atoms with Gasteiger partial charge in [0.1, 0.15) is 5.75 Å². The first-order chi connectivity index (χ1) is 14.4. The molecule has 2 aromatic carbocycles. The molecule has 0 radical (unpaired) electrons. The largest absolute Gasteiger partial charge is 0.497 e. The summed E-state index contributed by atoms with van der Waals surface area (Å²) in [5.74, 6) is 0.547. The summed E-state index contributed by atoms with van der Waals surface area (Å²) in [7, 11) is 0.0172. The molecule has 0 aromatic heterocycles. The molecule has 0 aliphatic carbocycles. The lowest BCUT2D eigenvalue weighted by Crippen LogP contribution is -2.47. The number of ether oxygens (including phenoxy) is 1. The summed E-state index contributed by atoms with van der Waals surface area (Å²) in [5.41, 5.74) is 1.50. The Bertz CT molecular complexity index is 970. The van der Waals surface area contributed by atoms with Crippen molar-refractivity contribution in [1.82, 2.24) is 14.5 Å². The van der Waals surface area contributed by atoms with E-state index >= 15 is 0 Å². The third kappa shape index (κ3) is 5.59. The van der Waals surface area contributed by atoms with Crippen LogP contribution in [0.1, 0.15) is 22.3 Å². The molecule has 1 saturated heterocycles. The third-order valence-electron chi connectivity index (χ3n) is 5.26. The number of hydrogen-bond acceptors (Lipinski definition) is 5. The van der Waals surface area contributed by atoms with Gasteiger partial charge in [-0.15, -0.1) is 0 Å². The zero-order valence-corrected chi connectivity index (χ0v) is 18.3. The van der Waals surface area contributed by atoms with Crippen LogP contribution < -0.4 is 10.1 Å². The first kappa shape index (κ1) is 22.3. The number of likely N-dealkylation sites (N-methyl/N-ethyl adjacent to an activating group) is 1. The molecule has 3 rings (SSSR count). The van der Waals surface area contributed by atoms with Crippen molar-refractivity contribution in [2.24, 2.45) is 0 Å². The lowest BCUT2D eigenvalue weighted by molar-refractivity contribution is 0.0953. The molecule has 1 aliphatic rings. The van der Waals surface area contributed by atoms with Gasteiger partial charge in [-0.2, -0.15) is 4.31 Å². The Balaban J connectivity index is 1.56. The number of aryl methyl sites for hydroxylation is 1. The summed E-state index contributed by atoms with van der Waals surface area (Å²) in [4.78, 5) is 14.8. The first-order valence-corrected chi connectivity index (χ1v) is 11.5. The monoisotopic (exact) mass is 431 g/mol. The van der Waals surface area contributed by atoms with Crippen LogP contribution in [-0.2, 0) is 16.4 Å². The van der Waals surface area contributed by atoms with E-state index in [2.05, 4.69) is 10.2 Å². The lowest BCUT2D eigenvalue weighted by Gasteiger charge is -2.31. The van der Waals surface area contributed by atoms with Gasteiger partial charge in [-0.3, -0.25) is 4.79 Å². The van der Waals surface area contributed by atoms with Gasteiger partial charge >= 0.3 is 0 Å². The van der Waals surface area contributed by atoms with E-state index in [-0.39, 0.29) is 10.8 Å². The molecular formula is C22H29N3O4S. The minimum Gasteiger partial charge on any atom is -0.497 e. The summed E-state index contributed by atoms with van der Waals surface area (Å²) >= 11 is 0. The van der Waals surface area contributed by atoms with Crippen LogP contribution in [0.2, 0.25) is 0 Å². The van der Waals surface area contributed by atoms with Crippen molar-refractivity contribution < 1.29 is 17.9 Å². The number of piperazine rings is 1. The van der Waals surface area contributed by atoms with Crippen molar-refractivity contribution in [3.8, 4) is 5.75 Å². The van der Waals surface area contributed by atoms with Crippen LogP contribution in [-0.4, -0.2) is 70.4 Å². The van der Waals surface area contributed by atoms with Crippen LogP contribution in [0.25, 0.3) is 0 Å². The number of benzene rings is 2. The highest BCUT2D eigenvalue weighted by Crippen LogP contribution is 2.19. The van der Waals surface area contributed by atoms with Crippen molar-refractivity contribution in [2.45, 2.75) is 17.7 Å². The van der Waals surface area contributed by atoms with Crippen LogP contribution >= 0.6 is 0 Å². The average Bonchev–Trinajstić information content (AvgIpc) is 2.77. The van der Waals surface area contributed by atoms with E-state index in [0.29, 0.717) is 38.3 Å². The Morgan fingerprint density at radius 3 is 2.53 bits per heavy atom. The second-order valence-electron chi connectivity index (χ2n) is 7.45. The van der Waals surface area contributed by atoms with E-state index in [9.17, 15) is 13.2 Å². The molecule has 0 unspecified atom stereocenters. The topological polar surface area (TPSA) is 78.9 Å². The molecule has 1 amide bonds. The molecule has 0 spiro atoms. The van der Waals surface area contributed by atoms with E-state index in [1.807, 2.05) is 31.3 Å². The smallest absolute Gasteiger partial charge is 0.251 e. The van der Waals surface area contributed by atoms with Crippen LogP contribution in [0.4, 0.5) is 0 Å². The summed E-state index contributed by atoms with van der Waals surface area (Å²) in [6.07, 6.45) is 1.59. The van der Waals surface area contributed by atoms with Crippen molar-refractivity contribution >= 4 is 15.9 Å². The predicted octanol–water partition coefficient (Wildman–Crippen LogP) is 1.99. The molecule has 1 aliphatic heterocycles. The summed E-state index contributed by atoms with van der Waals surface area (Å²) in [6, 6.07) is 14.1. The van der Waals surface area contributed by atoms with Gasteiger partial charge in [-0.1, -0.05) is 18.2 Å². The molecule has 0 saturated carbocycles. The Hall–Kier alpha value is -2.42. The number of carbonyl (C=O) groups is 1. The standard InChI is InChI=1S/C22H29N3O4S/c1-24-12-14-25(15-13-24)30(27,28)21-10-4-8-19(17-21)22(26)23-11-5-7-18-6-3-9-20(16-18)29-2/h3-4,6,8-10,16-17H,5,7,11-15H2,1-2H3,(H,23,26). The number of rotatable bonds is 8. The Morgan fingerprint density at radius 1 is 1.07 bits per heavy atom. The SMILES string of the molecule is COc1cccc(CCCNC(=O)c2cccc(S(=O)(=O)N3CCN(C)CC3)c2)c1. The van der Waals surface area contributed by atoms with Crippen molar-refractivity contribution in [3.05, 3.63) is 59.7 Å². The molecule has 7 nitrogen and oxygen atoms in total. The fourth-order valence-electron chi connectivity index (χ4n) is 3.40. The number of hydrogen-bond donors (Lipinski definition) is 1. The van der Waals surface area contributed by atoms with Crippen LogP contribution in [0.5, 0.6) is 5.75 Å². The molecule has 30 heavy (non-hydrogen) atoms. The Kier molecular flexibility index (Phi) is 7.47. The summed E-state index contributed by atoms with van der Waals surface area (Å²) in [6.45, 7) is 2.82. The van der Waals surface area contributed by atoms with Gasteiger partial charge in [0.25, 0.3) is 5.91 Å². The van der Waals surface area contributed by atoms with Crippen LogP contribution in [0, 0.1) is 0 Å². The highest BCUT2D eigenvalue weighted by atomic mass is 32.2. The Morgan fingerprint density at radius 2 is 1.80 bits per heavy atom. The van der Waals surface area contributed by atoms with Crippen LogP contribution in [0.15, 0.2) is 53.4 Å². The number of amides is 1. The highest BCUT2D eigenvalue weighted by molar-refractivity contribution is 7.89. The molecule has 1 fully saturated rings. The zero-order valence-electron chi connectivity index (χ0n) is 17.5. The maximum absolute atomic E-state index is 12.9. The normalized spacial score (nSPS) is 15.7. The molecule has 0 bridgehead atoms. The van der Waals surface area contributed by atoms with Gasteiger partial charge in [0.2, 0.25) is 10.0 Å². The number of methoxy groups -OCH3 is 1. The van der Waals surface area contributed by atoms with Crippen molar-refractivity contribution in [3.63, 3.8) is 0 Å². The molecular weight excluding hydrogens is 402 g/mol. The molecule has 0 atom stereocenters. The predicted molar refractivity (Wildman–Crippen MR) is 116 cm³/mol. The van der Waals surface area contributed by atoms with Crippen molar-refractivity contribution in [2.75, 3.05) is 46.9 Å². The number of nitrogens with one attached hydrogen (secondary N) is 1. The third-order valence-corrected chi connectivity index (χ3v) is 7.15. The minimum atomic E-state index is -3.59. The van der Waals surface area contributed by atoms with Crippen molar-refractivity contribution in [1.29, 1.82) is 0 Å². The van der Waals surface area contributed by atoms with E-state index in [4.69, 9.17) is 4.74 Å². The first-order valence-electron chi connectivity index (χ1n) is 10.1. The second kappa shape index (κ2) is 10.1. The molecule has 8 heteroatoms. The Labute approximate surface area is 178 Å². The van der Waals surface area contributed by atoms with E-state index in [0.717, 1.165) is 24.2 Å². The van der Waals surface area contributed by atoms with Gasteiger partial charge in [0.15, 0.2) is 0 Å². The molecule has 2 aromatic rings. The maximum Gasteiger partial charge on any atom is 0.251 e. The van der Waals surface area contributed by atoms with E-state index in [1.54, 1.807) is 25.3 Å². The lowest BCUT2D eigenvalue weighted by atomic mass is 10.1. The van der Waals surface area contributed by atoms with Gasteiger partial charge in [0.05, 0.1) is 12.0 Å². The number of sulfonamides is 1.